The SMILES string of the molecule is C=CC(=O)O.CC(C)CCCCCO. The summed E-state index contributed by atoms with van der Waals surface area (Å²) >= 11 is 0. The van der Waals surface area contributed by atoms with E-state index in [0.717, 1.165) is 18.4 Å². The minimum absolute atomic E-state index is 0.359. The fraction of sp³-hybridized carbons (Fsp3) is 0.727. The largest absolute Gasteiger partial charge is 0.478 e. The Kier molecular flexibility index (Phi) is 13.6. The van der Waals surface area contributed by atoms with E-state index in [1.54, 1.807) is 0 Å². The van der Waals surface area contributed by atoms with Gasteiger partial charge in [-0.25, -0.2) is 4.79 Å². The van der Waals surface area contributed by atoms with Crippen LogP contribution in [0.15, 0.2) is 12.7 Å². The number of aliphatic hydroxyl groups is 1. The van der Waals surface area contributed by atoms with Crippen LogP contribution >= 0.6 is 0 Å². The van der Waals surface area contributed by atoms with E-state index >= 15 is 0 Å². The highest BCUT2D eigenvalue weighted by Gasteiger charge is 1.92. The van der Waals surface area contributed by atoms with E-state index < -0.39 is 5.97 Å². The van der Waals surface area contributed by atoms with Crippen molar-refractivity contribution in [2.45, 2.75) is 39.5 Å². The van der Waals surface area contributed by atoms with Crippen molar-refractivity contribution in [1.82, 2.24) is 0 Å². The second kappa shape index (κ2) is 12.2. The lowest BCUT2D eigenvalue weighted by atomic mass is 10.1. The van der Waals surface area contributed by atoms with Crippen LogP contribution in [0.2, 0.25) is 0 Å². The summed E-state index contributed by atoms with van der Waals surface area (Å²) < 4.78 is 0. The summed E-state index contributed by atoms with van der Waals surface area (Å²) in [5, 5.41) is 16.0. The van der Waals surface area contributed by atoms with Crippen molar-refractivity contribution in [3.8, 4) is 0 Å². The lowest BCUT2D eigenvalue weighted by molar-refractivity contribution is -0.131. The predicted molar refractivity (Wildman–Crippen MR) is 58.2 cm³/mol. The highest BCUT2D eigenvalue weighted by atomic mass is 16.4. The number of hydrogen-bond acceptors (Lipinski definition) is 2. The Hall–Kier alpha value is -0.830. The molecule has 0 unspecified atom stereocenters. The van der Waals surface area contributed by atoms with Crippen LogP contribution in [0.1, 0.15) is 39.5 Å². The number of aliphatic carboxylic acids is 1. The minimum Gasteiger partial charge on any atom is -0.478 e. The highest BCUT2D eigenvalue weighted by Crippen LogP contribution is 2.06. The zero-order valence-corrected chi connectivity index (χ0v) is 9.20. The third kappa shape index (κ3) is 22.5. The van der Waals surface area contributed by atoms with Crippen molar-refractivity contribution in [2.75, 3.05) is 6.61 Å². The Labute approximate surface area is 86.5 Å². The van der Waals surface area contributed by atoms with Crippen molar-refractivity contribution in [3.63, 3.8) is 0 Å². The molecule has 0 aliphatic rings. The molecule has 0 aromatic heterocycles. The molecule has 3 heteroatoms. The highest BCUT2D eigenvalue weighted by molar-refractivity contribution is 5.78. The van der Waals surface area contributed by atoms with Crippen molar-refractivity contribution in [2.24, 2.45) is 5.92 Å². The Morgan fingerprint density at radius 2 is 1.86 bits per heavy atom. The molecule has 0 saturated heterocycles. The minimum atomic E-state index is -0.981. The third-order valence-corrected chi connectivity index (χ3v) is 1.61. The number of unbranched alkanes of at least 4 members (excludes halogenated alkanes) is 2. The third-order valence-electron chi connectivity index (χ3n) is 1.61. The fourth-order valence-corrected chi connectivity index (χ4v) is 0.841. The first-order valence-electron chi connectivity index (χ1n) is 5.00. The summed E-state index contributed by atoms with van der Waals surface area (Å²) in [5.74, 6) is -0.159. The van der Waals surface area contributed by atoms with E-state index in [9.17, 15) is 4.79 Å². The Morgan fingerprint density at radius 1 is 1.36 bits per heavy atom. The van der Waals surface area contributed by atoms with Crippen LogP contribution in [0.4, 0.5) is 0 Å². The maximum absolute atomic E-state index is 9.25. The van der Waals surface area contributed by atoms with Gasteiger partial charge < -0.3 is 10.2 Å². The predicted octanol–water partition coefficient (Wildman–Crippen LogP) is 2.45. The van der Waals surface area contributed by atoms with Gasteiger partial charge in [0.05, 0.1) is 0 Å². The summed E-state index contributed by atoms with van der Waals surface area (Å²) in [7, 11) is 0. The Bertz CT molecular complexity index is 141. The average molecular weight is 202 g/mol. The van der Waals surface area contributed by atoms with Crippen LogP contribution in [0.25, 0.3) is 0 Å². The lowest BCUT2D eigenvalue weighted by Crippen LogP contribution is -1.88. The van der Waals surface area contributed by atoms with Gasteiger partial charge >= 0.3 is 5.97 Å². The van der Waals surface area contributed by atoms with Gasteiger partial charge in [-0.1, -0.05) is 39.7 Å². The van der Waals surface area contributed by atoms with Gasteiger partial charge in [0.1, 0.15) is 0 Å². The summed E-state index contributed by atoms with van der Waals surface area (Å²) in [5.41, 5.74) is 0. The second-order valence-electron chi connectivity index (χ2n) is 3.51. The van der Waals surface area contributed by atoms with Gasteiger partial charge in [0.15, 0.2) is 0 Å². The maximum Gasteiger partial charge on any atom is 0.327 e. The average Bonchev–Trinajstić information content (AvgIpc) is 2.13. The molecule has 3 nitrogen and oxygen atoms in total. The molecule has 0 atom stereocenters. The van der Waals surface area contributed by atoms with Crippen LogP contribution in [0.3, 0.4) is 0 Å². The molecule has 0 aromatic rings. The molecule has 14 heavy (non-hydrogen) atoms. The molecule has 0 spiro atoms. The summed E-state index contributed by atoms with van der Waals surface area (Å²) in [6.07, 6.45) is 5.58. The quantitative estimate of drug-likeness (QED) is 0.514. The zero-order chi connectivity index (χ0) is 11.4. The number of aliphatic hydroxyl groups excluding tert-OH is 1. The zero-order valence-electron chi connectivity index (χ0n) is 9.20. The van der Waals surface area contributed by atoms with Crippen LogP contribution in [0.5, 0.6) is 0 Å². The summed E-state index contributed by atoms with van der Waals surface area (Å²) in [6.45, 7) is 7.79. The molecule has 0 heterocycles. The molecule has 0 aliphatic heterocycles. The summed E-state index contributed by atoms with van der Waals surface area (Å²) in [4.78, 5) is 9.25. The molecule has 0 bridgehead atoms. The van der Waals surface area contributed by atoms with Crippen molar-refractivity contribution in [1.29, 1.82) is 0 Å². The topological polar surface area (TPSA) is 57.5 Å². The molecule has 0 amide bonds. The van der Waals surface area contributed by atoms with E-state index in [4.69, 9.17) is 10.2 Å². The van der Waals surface area contributed by atoms with Crippen LogP contribution in [-0.2, 0) is 4.79 Å². The first-order chi connectivity index (χ1) is 6.54. The Morgan fingerprint density at radius 3 is 2.14 bits per heavy atom. The number of hydrogen-bond donors (Lipinski definition) is 2. The van der Waals surface area contributed by atoms with Crippen LogP contribution < -0.4 is 0 Å². The van der Waals surface area contributed by atoms with Gasteiger partial charge in [-0.3, -0.25) is 0 Å². The van der Waals surface area contributed by atoms with Gasteiger partial charge in [0.2, 0.25) is 0 Å². The molecule has 2 N–H and O–H groups in total. The number of rotatable bonds is 6. The van der Waals surface area contributed by atoms with Crippen molar-refractivity contribution < 1.29 is 15.0 Å². The molecular formula is C11H22O3. The first kappa shape index (κ1) is 15.6. The number of carboxylic acids is 1. The maximum atomic E-state index is 9.25. The molecule has 0 rings (SSSR count). The van der Waals surface area contributed by atoms with Gasteiger partial charge in [0.25, 0.3) is 0 Å². The van der Waals surface area contributed by atoms with Gasteiger partial charge in [-0.05, 0) is 12.3 Å². The Balaban J connectivity index is 0. The van der Waals surface area contributed by atoms with E-state index in [2.05, 4.69) is 20.4 Å². The number of carbonyl (C=O) groups is 1. The molecule has 0 aliphatic carbocycles. The monoisotopic (exact) mass is 202 g/mol. The molecule has 0 radical (unpaired) electrons. The lowest BCUT2D eigenvalue weighted by Gasteiger charge is -2.01. The molecule has 0 saturated carbocycles. The normalized spacial score (nSPS) is 9.14. The van der Waals surface area contributed by atoms with E-state index in [1.807, 2.05) is 0 Å². The van der Waals surface area contributed by atoms with E-state index in [0.29, 0.717) is 6.61 Å². The van der Waals surface area contributed by atoms with Crippen LogP contribution in [0, 0.1) is 5.92 Å². The van der Waals surface area contributed by atoms with E-state index in [-0.39, 0.29) is 0 Å². The summed E-state index contributed by atoms with van der Waals surface area (Å²) in [6, 6.07) is 0. The smallest absolute Gasteiger partial charge is 0.327 e. The second-order valence-corrected chi connectivity index (χ2v) is 3.51. The fourth-order valence-electron chi connectivity index (χ4n) is 0.841. The van der Waals surface area contributed by atoms with E-state index in [1.165, 1.54) is 19.3 Å². The standard InChI is InChI=1S/C8H18O.C3H4O2/c1-8(2)6-4-3-5-7-9;1-2-3(4)5/h8-9H,3-7H2,1-2H3;2H,1H2,(H,4,5). The van der Waals surface area contributed by atoms with Crippen LogP contribution in [-0.4, -0.2) is 22.8 Å². The number of carboxylic acid groups (broad SMARTS) is 1. The first-order valence-corrected chi connectivity index (χ1v) is 5.00. The van der Waals surface area contributed by atoms with Crippen molar-refractivity contribution >= 4 is 5.97 Å². The molecule has 84 valence electrons. The van der Waals surface area contributed by atoms with Crippen molar-refractivity contribution in [3.05, 3.63) is 12.7 Å². The van der Waals surface area contributed by atoms with Gasteiger partial charge in [-0.15, -0.1) is 0 Å². The molecule has 0 aromatic carbocycles. The van der Waals surface area contributed by atoms with Gasteiger partial charge in [0, 0.05) is 12.7 Å². The molecular weight excluding hydrogens is 180 g/mol. The van der Waals surface area contributed by atoms with Gasteiger partial charge in [-0.2, -0.15) is 0 Å². The molecule has 0 fully saturated rings.